The Morgan fingerprint density at radius 2 is 2.07 bits per heavy atom. The van der Waals surface area contributed by atoms with Gasteiger partial charge in [-0.2, -0.15) is 5.26 Å². The van der Waals surface area contributed by atoms with Crippen molar-refractivity contribution in [2.24, 2.45) is 0 Å². The number of amides is 1. The Morgan fingerprint density at radius 1 is 1.37 bits per heavy atom. The molecule has 0 unspecified atom stereocenters. The molecule has 0 spiro atoms. The Morgan fingerprint density at radius 3 is 2.70 bits per heavy atom. The number of ether oxygens (including phenoxy) is 1. The van der Waals surface area contributed by atoms with E-state index in [1.165, 1.54) is 6.42 Å². The van der Waals surface area contributed by atoms with E-state index < -0.39 is 28.9 Å². The van der Waals surface area contributed by atoms with Crippen LogP contribution >= 0.6 is 0 Å². The minimum atomic E-state index is -0.708. The van der Waals surface area contributed by atoms with Gasteiger partial charge in [0.05, 0.1) is 10.5 Å². The number of halogens is 1. The minimum absolute atomic E-state index is 0.195. The van der Waals surface area contributed by atoms with E-state index in [9.17, 15) is 24.6 Å². The molecule has 1 amide bonds. The van der Waals surface area contributed by atoms with Crippen LogP contribution in [0.5, 0.6) is 5.75 Å². The maximum Gasteiger partial charge on any atom is 0.311 e. The molecule has 8 nitrogen and oxygen atoms in total. The molecule has 1 saturated carbocycles. The van der Waals surface area contributed by atoms with Gasteiger partial charge in [-0.05, 0) is 38.3 Å². The van der Waals surface area contributed by atoms with Crippen LogP contribution in [0.2, 0.25) is 0 Å². The standard InChI is InChI=1S/C21H23FN4O4/c1-13-14(2)25(16-6-4-3-5-7-16)21(17(13)11-23)24-20(27)12-30-19-10-15(22)8-9-18(19)26(28)29/h8-10,16H,3-7,12H2,1-2H3,(H,24,27). The second kappa shape index (κ2) is 8.95. The number of nitro benzene ring substituents is 1. The Balaban J connectivity index is 1.82. The summed E-state index contributed by atoms with van der Waals surface area (Å²) in [5, 5.41) is 23.4. The van der Waals surface area contributed by atoms with E-state index in [2.05, 4.69) is 11.4 Å². The van der Waals surface area contributed by atoms with E-state index in [0.717, 1.165) is 55.1 Å². The molecule has 0 saturated heterocycles. The van der Waals surface area contributed by atoms with Crippen molar-refractivity contribution >= 4 is 17.4 Å². The zero-order valence-corrected chi connectivity index (χ0v) is 16.9. The fraction of sp³-hybridized carbons (Fsp3) is 0.429. The van der Waals surface area contributed by atoms with Crippen LogP contribution in [0, 0.1) is 41.1 Å². The summed E-state index contributed by atoms with van der Waals surface area (Å²) in [6.07, 6.45) is 5.28. The molecular formula is C21H23FN4O4. The fourth-order valence-electron chi connectivity index (χ4n) is 3.95. The van der Waals surface area contributed by atoms with Gasteiger partial charge >= 0.3 is 5.69 Å². The SMILES string of the molecule is Cc1c(C#N)c(NC(=O)COc2cc(F)ccc2[N+](=O)[O-])n(C2CCCCC2)c1C. The summed E-state index contributed by atoms with van der Waals surface area (Å²) in [5.74, 6) is -1.20. The number of hydrogen-bond acceptors (Lipinski definition) is 5. The van der Waals surface area contributed by atoms with Gasteiger partial charge in [0.25, 0.3) is 5.91 Å². The lowest BCUT2D eigenvalue weighted by Gasteiger charge is -2.27. The van der Waals surface area contributed by atoms with Gasteiger partial charge in [-0.25, -0.2) is 4.39 Å². The van der Waals surface area contributed by atoms with E-state index in [1.807, 2.05) is 18.4 Å². The topological polar surface area (TPSA) is 110 Å². The highest BCUT2D eigenvalue weighted by molar-refractivity contribution is 5.93. The van der Waals surface area contributed by atoms with Crippen molar-refractivity contribution in [1.82, 2.24) is 4.57 Å². The number of nitrogens with one attached hydrogen (secondary N) is 1. The summed E-state index contributed by atoms with van der Waals surface area (Å²) in [4.78, 5) is 22.9. The lowest BCUT2D eigenvalue weighted by atomic mass is 9.95. The summed E-state index contributed by atoms with van der Waals surface area (Å²) in [7, 11) is 0. The van der Waals surface area contributed by atoms with Gasteiger partial charge in [-0.1, -0.05) is 19.3 Å². The van der Waals surface area contributed by atoms with Crippen LogP contribution in [0.1, 0.15) is 55.0 Å². The predicted octanol–water partition coefficient (Wildman–Crippen LogP) is 4.55. The third-order valence-corrected chi connectivity index (χ3v) is 5.54. The second-order valence-corrected chi connectivity index (χ2v) is 7.41. The van der Waals surface area contributed by atoms with Crippen molar-refractivity contribution in [2.45, 2.75) is 52.0 Å². The molecule has 3 rings (SSSR count). The number of carbonyl (C=O) groups excluding carboxylic acids is 1. The number of nitro groups is 1. The Hall–Kier alpha value is -3.41. The maximum atomic E-state index is 13.4. The van der Waals surface area contributed by atoms with E-state index in [-0.39, 0.29) is 11.8 Å². The first-order valence-corrected chi connectivity index (χ1v) is 9.81. The van der Waals surface area contributed by atoms with Crippen molar-refractivity contribution in [2.75, 3.05) is 11.9 Å². The molecule has 1 aromatic heterocycles. The second-order valence-electron chi connectivity index (χ2n) is 7.41. The van der Waals surface area contributed by atoms with Crippen molar-refractivity contribution < 1.29 is 18.8 Å². The highest BCUT2D eigenvalue weighted by atomic mass is 19.1. The molecule has 1 heterocycles. The quantitative estimate of drug-likeness (QED) is 0.551. The number of anilines is 1. The number of nitriles is 1. The summed E-state index contributed by atoms with van der Waals surface area (Å²) >= 11 is 0. The number of carbonyl (C=O) groups is 1. The molecule has 9 heteroatoms. The number of aromatic nitrogens is 1. The first-order chi connectivity index (χ1) is 14.3. The highest BCUT2D eigenvalue weighted by Crippen LogP contribution is 2.36. The molecule has 0 aliphatic heterocycles. The number of nitrogens with zero attached hydrogens (tertiary/aromatic N) is 3. The van der Waals surface area contributed by atoms with E-state index in [0.29, 0.717) is 11.4 Å². The Labute approximate surface area is 173 Å². The molecule has 1 aliphatic carbocycles. The molecule has 30 heavy (non-hydrogen) atoms. The lowest BCUT2D eigenvalue weighted by molar-refractivity contribution is -0.385. The van der Waals surface area contributed by atoms with Crippen molar-refractivity contribution in [3.8, 4) is 11.8 Å². The summed E-state index contributed by atoms with van der Waals surface area (Å²) in [5.41, 5.74) is 1.69. The van der Waals surface area contributed by atoms with Crippen LogP contribution in [-0.4, -0.2) is 22.0 Å². The maximum absolute atomic E-state index is 13.4. The van der Waals surface area contributed by atoms with Crippen LogP contribution in [0.15, 0.2) is 18.2 Å². The average molecular weight is 414 g/mol. The summed E-state index contributed by atoms with van der Waals surface area (Å²) in [6, 6.07) is 5.16. The van der Waals surface area contributed by atoms with Gasteiger partial charge < -0.3 is 14.6 Å². The van der Waals surface area contributed by atoms with E-state index >= 15 is 0 Å². The van der Waals surface area contributed by atoms with Crippen molar-refractivity contribution in [3.63, 3.8) is 0 Å². The molecule has 0 radical (unpaired) electrons. The number of rotatable bonds is 6. The first kappa shape index (κ1) is 21.3. The van der Waals surface area contributed by atoms with Gasteiger partial charge in [0.1, 0.15) is 17.7 Å². The monoisotopic (exact) mass is 414 g/mol. The Bertz CT molecular complexity index is 1020. The molecule has 1 N–H and O–H groups in total. The van der Waals surface area contributed by atoms with Gasteiger partial charge in [0.15, 0.2) is 6.61 Å². The third kappa shape index (κ3) is 4.27. The van der Waals surface area contributed by atoms with Crippen LogP contribution in [0.25, 0.3) is 0 Å². The zero-order valence-electron chi connectivity index (χ0n) is 16.9. The Kier molecular flexibility index (Phi) is 6.35. The van der Waals surface area contributed by atoms with Gasteiger partial charge in [-0.15, -0.1) is 0 Å². The van der Waals surface area contributed by atoms with E-state index in [1.54, 1.807) is 0 Å². The zero-order chi connectivity index (χ0) is 21.8. The van der Waals surface area contributed by atoms with Gasteiger partial charge in [0, 0.05) is 23.9 Å². The molecule has 1 aliphatic rings. The van der Waals surface area contributed by atoms with Gasteiger partial charge in [0.2, 0.25) is 5.75 Å². The van der Waals surface area contributed by atoms with Crippen LogP contribution in [-0.2, 0) is 4.79 Å². The molecule has 1 fully saturated rings. The molecule has 0 bridgehead atoms. The third-order valence-electron chi connectivity index (χ3n) is 5.54. The number of benzene rings is 1. The largest absolute Gasteiger partial charge is 0.477 e. The normalized spacial score (nSPS) is 14.2. The molecule has 2 aromatic rings. The molecule has 1 aromatic carbocycles. The highest BCUT2D eigenvalue weighted by Gasteiger charge is 2.26. The predicted molar refractivity (Wildman–Crippen MR) is 108 cm³/mol. The summed E-state index contributed by atoms with van der Waals surface area (Å²) in [6.45, 7) is 3.21. The van der Waals surface area contributed by atoms with Crippen LogP contribution in [0.3, 0.4) is 0 Å². The van der Waals surface area contributed by atoms with Crippen LogP contribution in [0.4, 0.5) is 15.9 Å². The molecular weight excluding hydrogens is 391 g/mol. The van der Waals surface area contributed by atoms with E-state index in [4.69, 9.17) is 4.74 Å². The molecule has 158 valence electrons. The first-order valence-electron chi connectivity index (χ1n) is 9.81. The molecule has 0 atom stereocenters. The average Bonchev–Trinajstić information content (AvgIpc) is 2.96. The fourth-order valence-corrected chi connectivity index (χ4v) is 3.95. The smallest absolute Gasteiger partial charge is 0.311 e. The van der Waals surface area contributed by atoms with Crippen molar-refractivity contribution in [1.29, 1.82) is 5.26 Å². The number of hydrogen-bond donors (Lipinski definition) is 1. The summed E-state index contributed by atoms with van der Waals surface area (Å²) < 4.78 is 20.7. The van der Waals surface area contributed by atoms with Crippen molar-refractivity contribution in [3.05, 3.63) is 51.0 Å². The van der Waals surface area contributed by atoms with Crippen LogP contribution < -0.4 is 10.1 Å². The minimum Gasteiger partial charge on any atom is -0.477 e. The lowest BCUT2D eigenvalue weighted by Crippen LogP contribution is -2.24. The van der Waals surface area contributed by atoms with Gasteiger partial charge in [-0.3, -0.25) is 14.9 Å².